The van der Waals surface area contributed by atoms with Gasteiger partial charge in [-0.25, -0.2) is 0 Å². The number of ether oxygens (including phenoxy) is 2. The number of halogens is 3. The number of hydrogen-bond donors (Lipinski definition) is 1. The maximum Gasteiger partial charge on any atom is 0.416 e. The van der Waals surface area contributed by atoms with Crippen LogP contribution in [0.2, 0.25) is 0 Å². The van der Waals surface area contributed by atoms with Crippen molar-refractivity contribution in [2.45, 2.75) is 45.5 Å². The second-order valence-electron chi connectivity index (χ2n) is 6.91. The van der Waals surface area contributed by atoms with Crippen molar-refractivity contribution in [3.63, 3.8) is 0 Å². The molecule has 0 radical (unpaired) electrons. The molecule has 0 bridgehead atoms. The van der Waals surface area contributed by atoms with Gasteiger partial charge in [0, 0.05) is 24.9 Å². The summed E-state index contributed by atoms with van der Waals surface area (Å²) in [5.74, 6) is -0.0291. The van der Waals surface area contributed by atoms with Crippen LogP contribution in [-0.2, 0) is 17.5 Å². The summed E-state index contributed by atoms with van der Waals surface area (Å²) in [5, 5.41) is 2.44. The first-order valence-corrected chi connectivity index (χ1v) is 9.41. The Morgan fingerprint density at radius 3 is 2.20 bits per heavy atom. The molecule has 0 aliphatic heterocycles. The minimum Gasteiger partial charge on any atom is -0.497 e. The molecule has 0 saturated heterocycles. The number of hydrogen-bond acceptors (Lipinski definition) is 4. The lowest BCUT2D eigenvalue weighted by Crippen LogP contribution is -2.25. The number of methoxy groups -OCH3 is 1. The first kappa shape index (κ1) is 23.3. The number of carbonyl (C=O) groups excluding carboxylic acids is 2. The summed E-state index contributed by atoms with van der Waals surface area (Å²) in [7, 11) is 1.51. The highest BCUT2D eigenvalue weighted by atomic mass is 19.4. The summed E-state index contributed by atoms with van der Waals surface area (Å²) in [6.45, 7) is 3.13. The number of nitrogens with one attached hydrogen (secondary N) is 1. The predicted molar refractivity (Wildman–Crippen MR) is 106 cm³/mol. The maximum atomic E-state index is 13.4. The van der Waals surface area contributed by atoms with E-state index in [9.17, 15) is 22.8 Å². The SMILES string of the molecule is COc1ccc(C(=O)CCC(=O)NCc2ccc(OC(C)C)cc2C(F)(F)F)cc1. The number of rotatable bonds is 9. The first-order chi connectivity index (χ1) is 14.1. The molecule has 2 aromatic rings. The largest absolute Gasteiger partial charge is 0.497 e. The zero-order valence-electron chi connectivity index (χ0n) is 17.0. The van der Waals surface area contributed by atoms with Gasteiger partial charge in [-0.3, -0.25) is 9.59 Å². The van der Waals surface area contributed by atoms with E-state index >= 15 is 0 Å². The molecular weight excluding hydrogens is 399 g/mol. The van der Waals surface area contributed by atoms with Crippen LogP contribution in [0.1, 0.15) is 48.2 Å². The van der Waals surface area contributed by atoms with Crippen molar-refractivity contribution < 1.29 is 32.2 Å². The Balaban J connectivity index is 1.95. The number of carbonyl (C=O) groups is 2. The molecule has 5 nitrogen and oxygen atoms in total. The lowest BCUT2D eigenvalue weighted by Gasteiger charge is -2.17. The van der Waals surface area contributed by atoms with Gasteiger partial charge in [-0.15, -0.1) is 0 Å². The van der Waals surface area contributed by atoms with E-state index in [1.54, 1.807) is 38.1 Å². The lowest BCUT2D eigenvalue weighted by atomic mass is 10.1. The van der Waals surface area contributed by atoms with Crippen molar-refractivity contribution >= 4 is 11.7 Å². The third-order valence-electron chi connectivity index (χ3n) is 4.23. The number of benzene rings is 2. The van der Waals surface area contributed by atoms with E-state index < -0.39 is 17.6 Å². The highest BCUT2D eigenvalue weighted by molar-refractivity contribution is 5.98. The van der Waals surface area contributed by atoms with Crippen LogP contribution in [0, 0.1) is 0 Å². The Kier molecular flexibility index (Phi) is 7.86. The molecule has 0 spiro atoms. The summed E-state index contributed by atoms with van der Waals surface area (Å²) >= 11 is 0. The minimum atomic E-state index is -4.58. The Hall–Kier alpha value is -3.03. The zero-order valence-corrected chi connectivity index (χ0v) is 17.0. The standard InChI is InChI=1S/C22H24F3NO4/c1-14(2)30-18-9-6-16(19(12-18)22(23,24)25)13-26-21(28)11-10-20(27)15-4-7-17(29-3)8-5-15/h4-9,12,14H,10-11,13H2,1-3H3,(H,26,28). The second kappa shape index (κ2) is 10.1. The van der Waals surface area contributed by atoms with Gasteiger partial charge in [-0.2, -0.15) is 13.2 Å². The fraction of sp³-hybridized carbons (Fsp3) is 0.364. The number of ketones is 1. The van der Waals surface area contributed by atoms with Crippen molar-refractivity contribution in [2.24, 2.45) is 0 Å². The lowest BCUT2D eigenvalue weighted by molar-refractivity contribution is -0.138. The van der Waals surface area contributed by atoms with Gasteiger partial charge in [0.15, 0.2) is 5.78 Å². The van der Waals surface area contributed by atoms with Crippen molar-refractivity contribution in [1.82, 2.24) is 5.32 Å². The summed E-state index contributed by atoms with van der Waals surface area (Å²) in [6, 6.07) is 10.1. The van der Waals surface area contributed by atoms with E-state index in [1.807, 2.05) is 0 Å². The number of Topliss-reactive ketones (excluding diaryl/α,β-unsaturated/α-hetero) is 1. The van der Waals surface area contributed by atoms with Gasteiger partial charge in [0.25, 0.3) is 0 Å². The van der Waals surface area contributed by atoms with E-state index in [2.05, 4.69) is 5.32 Å². The van der Waals surface area contributed by atoms with Gasteiger partial charge < -0.3 is 14.8 Å². The van der Waals surface area contributed by atoms with Crippen LogP contribution in [0.5, 0.6) is 11.5 Å². The molecule has 0 saturated carbocycles. The maximum absolute atomic E-state index is 13.4. The summed E-state index contributed by atoms with van der Waals surface area (Å²) in [4.78, 5) is 24.2. The molecule has 30 heavy (non-hydrogen) atoms. The van der Waals surface area contributed by atoms with E-state index in [0.717, 1.165) is 6.07 Å². The average molecular weight is 423 g/mol. The van der Waals surface area contributed by atoms with Crippen LogP contribution in [-0.4, -0.2) is 24.9 Å². The van der Waals surface area contributed by atoms with E-state index in [0.29, 0.717) is 11.3 Å². The molecule has 162 valence electrons. The summed E-state index contributed by atoms with van der Waals surface area (Å²) in [5.41, 5.74) is -0.507. The average Bonchev–Trinajstić information content (AvgIpc) is 2.70. The second-order valence-corrected chi connectivity index (χ2v) is 6.91. The Labute approximate surface area is 173 Å². The molecule has 2 rings (SSSR count). The molecule has 1 amide bonds. The molecule has 8 heteroatoms. The third-order valence-corrected chi connectivity index (χ3v) is 4.23. The van der Waals surface area contributed by atoms with E-state index in [1.165, 1.54) is 19.2 Å². The minimum absolute atomic E-state index is 0.0501. The fourth-order valence-electron chi connectivity index (χ4n) is 2.75. The zero-order chi connectivity index (χ0) is 22.3. The van der Waals surface area contributed by atoms with E-state index in [-0.39, 0.29) is 42.6 Å². The normalized spacial score (nSPS) is 11.3. The van der Waals surface area contributed by atoms with Gasteiger partial charge >= 0.3 is 6.18 Å². The fourth-order valence-corrected chi connectivity index (χ4v) is 2.75. The van der Waals surface area contributed by atoms with Gasteiger partial charge in [-0.1, -0.05) is 6.07 Å². The number of alkyl halides is 3. The molecule has 0 aliphatic carbocycles. The monoisotopic (exact) mass is 423 g/mol. The molecule has 0 fully saturated rings. The van der Waals surface area contributed by atoms with Crippen LogP contribution in [0.3, 0.4) is 0 Å². The highest BCUT2D eigenvalue weighted by Gasteiger charge is 2.34. The molecule has 1 N–H and O–H groups in total. The van der Waals surface area contributed by atoms with Crippen LogP contribution >= 0.6 is 0 Å². The molecule has 0 heterocycles. The number of amides is 1. The highest BCUT2D eigenvalue weighted by Crippen LogP contribution is 2.34. The van der Waals surface area contributed by atoms with Crippen molar-refractivity contribution in [1.29, 1.82) is 0 Å². The smallest absolute Gasteiger partial charge is 0.416 e. The Morgan fingerprint density at radius 2 is 1.63 bits per heavy atom. The van der Waals surface area contributed by atoms with Crippen molar-refractivity contribution in [2.75, 3.05) is 7.11 Å². The topological polar surface area (TPSA) is 64.6 Å². The van der Waals surface area contributed by atoms with Gasteiger partial charge in [0.1, 0.15) is 11.5 Å². The third kappa shape index (κ3) is 6.79. The molecular formula is C22H24F3NO4. The Morgan fingerprint density at radius 1 is 1.00 bits per heavy atom. The molecule has 0 aliphatic rings. The van der Waals surface area contributed by atoms with Crippen molar-refractivity contribution in [3.05, 3.63) is 59.2 Å². The van der Waals surface area contributed by atoms with Gasteiger partial charge in [-0.05, 0) is 55.8 Å². The molecule has 0 unspecified atom stereocenters. The van der Waals surface area contributed by atoms with Crippen LogP contribution in [0.15, 0.2) is 42.5 Å². The quantitative estimate of drug-likeness (QED) is 0.590. The summed E-state index contributed by atoms with van der Waals surface area (Å²) in [6.07, 6.45) is -5.02. The molecule has 2 aromatic carbocycles. The van der Waals surface area contributed by atoms with Gasteiger partial charge in [0.05, 0.1) is 18.8 Å². The first-order valence-electron chi connectivity index (χ1n) is 9.41. The molecule has 0 atom stereocenters. The Bertz CT molecular complexity index is 877. The van der Waals surface area contributed by atoms with Crippen molar-refractivity contribution in [3.8, 4) is 11.5 Å². The van der Waals surface area contributed by atoms with Crippen LogP contribution < -0.4 is 14.8 Å². The van der Waals surface area contributed by atoms with E-state index in [4.69, 9.17) is 9.47 Å². The predicted octanol–water partition coefficient (Wildman–Crippen LogP) is 4.78. The summed E-state index contributed by atoms with van der Waals surface area (Å²) < 4.78 is 50.4. The van der Waals surface area contributed by atoms with Gasteiger partial charge in [0.2, 0.25) is 5.91 Å². The van der Waals surface area contributed by atoms with Crippen LogP contribution in [0.25, 0.3) is 0 Å². The van der Waals surface area contributed by atoms with Crippen LogP contribution in [0.4, 0.5) is 13.2 Å². The molecule has 0 aromatic heterocycles.